The molecule has 3 nitrogen and oxygen atoms in total. The number of hydrogen-bond donors (Lipinski definition) is 1. The first-order valence-corrected chi connectivity index (χ1v) is 8.07. The molecule has 2 rings (SSSR count). The number of carbonyl (C=O) groups excluding carboxylic acids is 1. The molecule has 122 valence electrons. The van der Waals surface area contributed by atoms with Crippen LogP contribution in [0.15, 0.2) is 42.5 Å². The van der Waals surface area contributed by atoms with Gasteiger partial charge in [-0.1, -0.05) is 36.4 Å². The molecular formula is C20H25NO2. The van der Waals surface area contributed by atoms with Crippen molar-refractivity contribution >= 4 is 5.91 Å². The monoisotopic (exact) mass is 311 g/mol. The molecule has 1 N–H and O–H groups in total. The van der Waals surface area contributed by atoms with Crippen LogP contribution in [0.1, 0.15) is 35.1 Å². The fourth-order valence-electron chi connectivity index (χ4n) is 2.52. The lowest BCUT2D eigenvalue weighted by Crippen LogP contribution is -2.17. The summed E-state index contributed by atoms with van der Waals surface area (Å²) in [5, 5.41) is 2.66. The molecule has 0 radical (unpaired) electrons. The van der Waals surface area contributed by atoms with Crippen LogP contribution in [-0.2, 0) is 17.8 Å². The van der Waals surface area contributed by atoms with Crippen molar-refractivity contribution in [2.24, 2.45) is 0 Å². The summed E-state index contributed by atoms with van der Waals surface area (Å²) in [6.07, 6.45) is 2.29. The van der Waals surface area contributed by atoms with E-state index in [1.807, 2.05) is 12.1 Å². The van der Waals surface area contributed by atoms with Crippen molar-refractivity contribution < 1.29 is 9.53 Å². The number of carbonyl (C=O) groups is 1. The van der Waals surface area contributed by atoms with Crippen molar-refractivity contribution in [3.8, 4) is 5.75 Å². The second-order valence-corrected chi connectivity index (χ2v) is 5.85. The molecular weight excluding hydrogens is 286 g/mol. The molecule has 0 aliphatic heterocycles. The third kappa shape index (κ3) is 5.13. The Labute approximate surface area is 138 Å². The van der Waals surface area contributed by atoms with Crippen molar-refractivity contribution in [1.82, 2.24) is 5.32 Å². The highest BCUT2D eigenvalue weighted by Gasteiger charge is 2.06. The van der Waals surface area contributed by atoms with Gasteiger partial charge in [-0.25, -0.2) is 0 Å². The molecule has 0 aromatic heterocycles. The molecule has 0 fully saturated rings. The minimum atomic E-state index is 0.0918. The Morgan fingerprint density at radius 3 is 2.57 bits per heavy atom. The molecule has 0 unspecified atom stereocenters. The molecule has 0 aliphatic rings. The van der Waals surface area contributed by atoms with Crippen molar-refractivity contribution in [2.75, 3.05) is 7.05 Å². The van der Waals surface area contributed by atoms with E-state index < -0.39 is 0 Å². The Morgan fingerprint density at radius 1 is 1.09 bits per heavy atom. The molecule has 0 bridgehead atoms. The van der Waals surface area contributed by atoms with E-state index in [1.54, 1.807) is 7.05 Å². The number of rotatable bonds is 7. The highest BCUT2D eigenvalue weighted by atomic mass is 16.5. The molecule has 0 heterocycles. The number of hydrogen-bond acceptors (Lipinski definition) is 2. The van der Waals surface area contributed by atoms with E-state index in [4.69, 9.17) is 4.74 Å². The van der Waals surface area contributed by atoms with Gasteiger partial charge in [-0.2, -0.15) is 0 Å². The van der Waals surface area contributed by atoms with E-state index in [2.05, 4.69) is 49.5 Å². The summed E-state index contributed by atoms with van der Waals surface area (Å²) in [7, 11) is 1.67. The van der Waals surface area contributed by atoms with Gasteiger partial charge in [0.25, 0.3) is 0 Å². The topological polar surface area (TPSA) is 38.3 Å². The second-order valence-electron chi connectivity index (χ2n) is 5.85. The molecule has 1 amide bonds. The summed E-state index contributed by atoms with van der Waals surface area (Å²) in [5.74, 6) is 1.03. The van der Waals surface area contributed by atoms with Gasteiger partial charge in [0.2, 0.25) is 5.91 Å². The van der Waals surface area contributed by atoms with Crippen LogP contribution in [0.5, 0.6) is 5.75 Å². The van der Waals surface area contributed by atoms with Crippen LogP contribution in [0.3, 0.4) is 0 Å². The highest BCUT2D eigenvalue weighted by molar-refractivity contribution is 5.75. The Balaban J connectivity index is 1.99. The SMILES string of the molecule is CNC(=O)CCCc1ccccc1COc1cc(C)ccc1C. The summed E-state index contributed by atoms with van der Waals surface area (Å²) in [5.41, 5.74) is 4.78. The Kier molecular flexibility index (Phi) is 6.21. The van der Waals surface area contributed by atoms with E-state index in [-0.39, 0.29) is 5.91 Å². The molecule has 0 atom stereocenters. The van der Waals surface area contributed by atoms with Crippen molar-refractivity contribution in [1.29, 1.82) is 0 Å². The normalized spacial score (nSPS) is 10.4. The largest absolute Gasteiger partial charge is 0.489 e. The maximum Gasteiger partial charge on any atom is 0.219 e. The first-order valence-electron chi connectivity index (χ1n) is 8.07. The number of nitrogens with one attached hydrogen (secondary N) is 1. The lowest BCUT2D eigenvalue weighted by Gasteiger charge is -2.13. The minimum absolute atomic E-state index is 0.0918. The first kappa shape index (κ1) is 17.1. The van der Waals surface area contributed by atoms with Gasteiger partial charge >= 0.3 is 0 Å². The standard InChI is InChI=1S/C20H25NO2/c1-15-11-12-16(2)19(13-15)23-14-18-8-5-4-7-17(18)9-6-10-20(22)21-3/h4-5,7-8,11-13H,6,9-10,14H2,1-3H3,(H,21,22). The second kappa shape index (κ2) is 8.37. The fourth-order valence-corrected chi connectivity index (χ4v) is 2.52. The Morgan fingerprint density at radius 2 is 1.83 bits per heavy atom. The van der Waals surface area contributed by atoms with Crippen LogP contribution in [0, 0.1) is 13.8 Å². The lowest BCUT2D eigenvalue weighted by molar-refractivity contribution is -0.120. The van der Waals surface area contributed by atoms with Crippen molar-refractivity contribution in [2.45, 2.75) is 39.7 Å². The van der Waals surface area contributed by atoms with Crippen LogP contribution in [0.25, 0.3) is 0 Å². The van der Waals surface area contributed by atoms with Crippen LogP contribution in [0.4, 0.5) is 0 Å². The zero-order valence-corrected chi connectivity index (χ0v) is 14.2. The van der Waals surface area contributed by atoms with Gasteiger partial charge in [-0.3, -0.25) is 4.79 Å². The minimum Gasteiger partial charge on any atom is -0.489 e. The van der Waals surface area contributed by atoms with E-state index in [0.717, 1.165) is 24.2 Å². The molecule has 0 saturated carbocycles. The van der Waals surface area contributed by atoms with E-state index >= 15 is 0 Å². The molecule has 3 heteroatoms. The number of benzene rings is 2. The first-order chi connectivity index (χ1) is 11.1. The molecule has 0 aliphatic carbocycles. The van der Waals surface area contributed by atoms with Crippen LogP contribution in [0.2, 0.25) is 0 Å². The van der Waals surface area contributed by atoms with Crippen molar-refractivity contribution in [3.63, 3.8) is 0 Å². The smallest absolute Gasteiger partial charge is 0.219 e. The van der Waals surface area contributed by atoms with E-state index in [0.29, 0.717) is 13.0 Å². The molecule has 0 spiro atoms. The maximum atomic E-state index is 11.3. The molecule has 2 aromatic carbocycles. The highest BCUT2D eigenvalue weighted by Crippen LogP contribution is 2.21. The van der Waals surface area contributed by atoms with E-state index in [9.17, 15) is 4.79 Å². The summed E-state index contributed by atoms with van der Waals surface area (Å²) in [6, 6.07) is 14.5. The average molecular weight is 311 g/mol. The number of aryl methyl sites for hydroxylation is 3. The summed E-state index contributed by atoms with van der Waals surface area (Å²) >= 11 is 0. The van der Waals surface area contributed by atoms with Crippen LogP contribution in [-0.4, -0.2) is 13.0 Å². The molecule has 0 saturated heterocycles. The van der Waals surface area contributed by atoms with Crippen molar-refractivity contribution in [3.05, 3.63) is 64.7 Å². The summed E-state index contributed by atoms with van der Waals surface area (Å²) in [6.45, 7) is 4.68. The van der Waals surface area contributed by atoms with Gasteiger partial charge in [0, 0.05) is 13.5 Å². The quantitative estimate of drug-likeness (QED) is 0.841. The number of amides is 1. The third-order valence-electron chi connectivity index (χ3n) is 3.97. The maximum absolute atomic E-state index is 11.3. The zero-order chi connectivity index (χ0) is 16.7. The van der Waals surface area contributed by atoms with Gasteiger partial charge in [-0.15, -0.1) is 0 Å². The summed E-state index contributed by atoms with van der Waals surface area (Å²) in [4.78, 5) is 11.3. The Bertz CT molecular complexity index is 664. The molecule has 23 heavy (non-hydrogen) atoms. The third-order valence-corrected chi connectivity index (χ3v) is 3.97. The van der Waals surface area contributed by atoms with Crippen LogP contribution >= 0.6 is 0 Å². The van der Waals surface area contributed by atoms with Gasteiger partial charge in [-0.05, 0) is 55.0 Å². The number of ether oxygens (including phenoxy) is 1. The molecule has 2 aromatic rings. The van der Waals surface area contributed by atoms with Gasteiger partial charge in [0.05, 0.1) is 0 Å². The van der Waals surface area contributed by atoms with Gasteiger partial charge in [0.15, 0.2) is 0 Å². The van der Waals surface area contributed by atoms with Crippen LogP contribution < -0.4 is 10.1 Å². The van der Waals surface area contributed by atoms with Gasteiger partial charge < -0.3 is 10.1 Å². The average Bonchev–Trinajstić information content (AvgIpc) is 2.56. The zero-order valence-electron chi connectivity index (χ0n) is 14.2. The summed E-state index contributed by atoms with van der Waals surface area (Å²) < 4.78 is 6.01. The lowest BCUT2D eigenvalue weighted by atomic mass is 10.0. The predicted molar refractivity (Wildman–Crippen MR) is 93.7 cm³/mol. The predicted octanol–water partition coefficient (Wildman–Crippen LogP) is 3.95. The Hall–Kier alpha value is -2.29. The van der Waals surface area contributed by atoms with Gasteiger partial charge in [0.1, 0.15) is 12.4 Å². The fraction of sp³-hybridized carbons (Fsp3) is 0.350. The van der Waals surface area contributed by atoms with E-state index in [1.165, 1.54) is 16.7 Å².